The van der Waals surface area contributed by atoms with Crippen LogP contribution in [-0.2, 0) is 16.0 Å². The Labute approximate surface area is 202 Å². The number of ether oxygens (including phenoxy) is 1. The predicted octanol–water partition coefficient (Wildman–Crippen LogP) is 3.95. The van der Waals surface area contributed by atoms with Gasteiger partial charge in [-0.05, 0) is 54.8 Å². The van der Waals surface area contributed by atoms with E-state index < -0.39 is 29.7 Å². The molecule has 0 saturated carbocycles. The third-order valence-electron chi connectivity index (χ3n) is 6.08. The maximum atomic E-state index is 14.5. The van der Waals surface area contributed by atoms with Gasteiger partial charge in [0.05, 0.1) is 24.7 Å². The Morgan fingerprint density at radius 3 is 2.71 bits per heavy atom. The van der Waals surface area contributed by atoms with Crippen LogP contribution in [-0.4, -0.2) is 47.9 Å². The van der Waals surface area contributed by atoms with Crippen molar-refractivity contribution in [2.24, 2.45) is 16.8 Å². The number of nitrogens with one attached hydrogen (secondary N) is 1. The van der Waals surface area contributed by atoms with E-state index in [9.17, 15) is 19.8 Å². The van der Waals surface area contributed by atoms with E-state index >= 15 is 0 Å². The number of hydrogen-bond donors (Lipinski definition) is 3. The molecule has 4 N–H and O–H groups in total. The van der Waals surface area contributed by atoms with Crippen molar-refractivity contribution in [1.82, 2.24) is 4.98 Å². The first-order valence-corrected chi connectivity index (χ1v) is 11.5. The summed E-state index contributed by atoms with van der Waals surface area (Å²) in [6.45, 7) is 0.853. The molecule has 11 heteroatoms. The van der Waals surface area contributed by atoms with E-state index in [1.807, 2.05) is 12.1 Å². The first-order chi connectivity index (χ1) is 16.4. The molecule has 1 saturated heterocycles. The largest absolute Gasteiger partial charge is 0.395 e. The van der Waals surface area contributed by atoms with Gasteiger partial charge in [-0.3, -0.25) is 9.78 Å². The van der Waals surface area contributed by atoms with Gasteiger partial charge in [-0.1, -0.05) is 28.8 Å². The number of aromatic nitrogens is 1. The average molecular weight is 491 g/mol. The van der Waals surface area contributed by atoms with Crippen molar-refractivity contribution < 1.29 is 19.0 Å². The van der Waals surface area contributed by atoms with Gasteiger partial charge in [0.2, 0.25) is 5.91 Å². The number of anilines is 1. The Morgan fingerprint density at radius 1 is 1.35 bits per heavy atom. The molecule has 1 aromatic carbocycles. The number of halogens is 2. The van der Waals surface area contributed by atoms with Crippen molar-refractivity contribution in [2.75, 3.05) is 25.1 Å². The SMILES string of the molecule is [N-]=[N+]=NC(C(=O)Nc1cncc(F)c1CC[C@H](N)CO)C(c1ccc(Cl)cc1)C1CCOCC1. The number of nitrogens with two attached hydrogens (primary N) is 1. The number of carbonyl (C=O) groups excluding carboxylic acids is 1. The van der Waals surface area contributed by atoms with Crippen LogP contribution >= 0.6 is 11.6 Å². The first-order valence-electron chi connectivity index (χ1n) is 11.1. The lowest BCUT2D eigenvalue weighted by molar-refractivity contribution is -0.118. The minimum absolute atomic E-state index is 0.0313. The summed E-state index contributed by atoms with van der Waals surface area (Å²) in [6.07, 6.45) is 4.31. The number of azide groups is 1. The fourth-order valence-corrected chi connectivity index (χ4v) is 4.39. The fourth-order valence-electron chi connectivity index (χ4n) is 4.27. The van der Waals surface area contributed by atoms with Crippen LogP contribution in [0.1, 0.15) is 36.3 Å². The van der Waals surface area contributed by atoms with E-state index in [4.69, 9.17) is 22.1 Å². The molecule has 2 unspecified atom stereocenters. The molecule has 9 nitrogen and oxygen atoms in total. The van der Waals surface area contributed by atoms with Gasteiger partial charge in [0.1, 0.15) is 11.9 Å². The zero-order valence-corrected chi connectivity index (χ0v) is 19.4. The summed E-state index contributed by atoms with van der Waals surface area (Å²) >= 11 is 6.06. The molecular formula is C23H28ClFN6O3. The number of aliphatic hydroxyl groups excluding tert-OH is 1. The molecule has 3 rings (SSSR count). The van der Waals surface area contributed by atoms with Gasteiger partial charge in [-0.25, -0.2) is 4.39 Å². The molecule has 2 aromatic rings. The Hall–Kier alpha value is -2.75. The summed E-state index contributed by atoms with van der Waals surface area (Å²) in [5, 5.41) is 16.3. The number of hydrogen-bond acceptors (Lipinski definition) is 6. The highest BCUT2D eigenvalue weighted by Gasteiger charge is 2.36. The molecule has 1 amide bonds. The number of benzene rings is 1. The number of rotatable bonds is 10. The second-order valence-corrected chi connectivity index (χ2v) is 8.73. The lowest BCUT2D eigenvalue weighted by Gasteiger charge is -2.34. The standard InChI is InChI=1S/C23H28ClFN6O3/c24-16-3-1-14(2-4-16)21(15-7-9-34-10-8-15)22(30-31-27)23(33)29-20-12-28-11-19(25)18(20)6-5-17(26)13-32/h1-4,11-12,15,17,21-22,32H,5-10,13,26H2,(H,29,33)/t17-,21?,22?/m0/s1. The Bertz CT molecular complexity index is 1010. The van der Waals surface area contributed by atoms with E-state index in [0.717, 1.165) is 11.8 Å². The van der Waals surface area contributed by atoms with Crippen LogP contribution in [0, 0.1) is 11.7 Å². The van der Waals surface area contributed by atoms with Crippen molar-refractivity contribution in [1.29, 1.82) is 0 Å². The topological polar surface area (TPSA) is 146 Å². The summed E-state index contributed by atoms with van der Waals surface area (Å²) in [5.41, 5.74) is 16.3. The number of aliphatic hydroxyl groups is 1. The van der Waals surface area contributed by atoms with E-state index in [-0.39, 0.29) is 30.2 Å². The summed E-state index contributed by atoms with van der Waals surface area (Å²) in [6, 6.07) is 5.49. The maximum absolute atomic E-state index is 14.5. The second kappa shape index (κ2) is 12.6. The number of nitrogens with zero attached hydrogens (tertiary/aromatic N) is 4. The van der Waals surface area contributed by atoms with Crippen molar-refractivity contribution in [3.05, 3.63) is 69.1 Å². The highest BCUT2D eigenvalue weighted by Crippen LogP contribution is 2.37. The van der Waals surface area contributed by atoms with Crippen LogP contribution in [0.2, 0.25) is 5.02 Å². The molecule has 3 atom stereocenters. The molecular weight excluding hydrogens is 463 g/mol. The second-order valence-electron chi connectivity index (χ2n) is 8.29. The zero-order chi connectivity index (χ0) is 24.5. The molecule has 1 fully saturated rings. The van der Waals surface area contributed by atoms with Crippen LogP contribution < -0.4 is 11.1 Å². The summed E-state index contributed by atoms with van der Waals surface area (Å²) in [4.78, 5) is 20.2. The van der Waals surface area contributed by atoms with Crippen molar-refractivity contribution in [3.8, 4) is 0 Å². The molecule has 1 aliphatic heterocycles. The monoisotopic (exact) mass is 490 g/mol. The molecule has 1 aliphatic rings. The van der Waals surface area contributed by atoms with Gasteiger partial charge in [-0.15, -0.1) is 0 Å². The smallest absolute Gasteiger partial charge is 0.234 e. The minimum atomic E-state index is -1.09. The van der Waals surface area contributed by atoms with Gasteiger partial charge in [0.25, 0.3) is 0 Å². The lowest BCUT2D eigenvalue weighted by Crippen LogP contribution is -2.37. The Morgan fingerprint density at radius 2 is 2.06 bits per heavy atom. The molecule has 0 bridgehead atoms. The summed E-state index contributed by atoms with van der Waals surface area (Å²) < 4.78 is 20.0. The Balaban J connectivity index is 1.92. The normalized spacial score (nSPS) is 16.8. The van der Waals surface area contributed by atoms with Crippen LogP contribution in [0.3, 0.4) is 0 Å². The molecule has 0 aliphatic carbocycles. The van der Waals surface area contributed by atoms with E-state index in [1.165, 1.54) is 6.20 Å². The molecule has 2 heterocycles. The lowest BCUT2D eigenvalue weighted by atomic mass is 9.76. The van der Waals surface area contributed by atoms with Crippen LogP contribution in [0.15, 0.2) is 41.8 Å². The van der Waals surface area contributed by atoms with Gasteiger partial charge in [0.15, 0.2) is 0 Å². The van der Waals surface area contributed by atoms with Crippen LogP contribution in [0.25, 0.3) is 10.4 Å². The fraction of sp³-hybridized carbons (Fsp3) is 0.478. The van der Waals surface area contributed by atoms with E-state index in [1.54, 1.807) is 12.1 Å². The minimum Gasteiger partial charge on any atom is -0.395 e. The van der Waals surface area contributed by atoms with Crippen molar-refractivity contribution in [2.45, 2.75) is 43.7 Å². The van der Waals surface area contributed by atoms with Gasteiger partial charge >= 0.3 is 0 Å². The zero-order valence-electron chi connectivity index (χ0n) is 18.6. The molecule has 34 heavy (non-hydrogen) atoms. The molecule has 1 aromatic heterocycles. The Kier molecular flexibility index (Phi) is 9.62. The number of pyridine rings is 1. The summed E-state index contributed by atoms with van der Waals surface area (Å²) in [5.74, 6) is -1.56. The van der Waals surface area contributed by atoms with Gasteiger partial charge in [0, 0.05) is 40.7 Å². The van der Waals surface area contributed by atoms with E-state index in [2.05, 4.69) is 20.3 Å². The molecule has 0 radical (unpaired) electrons. The first kappa shape index (κ1) is 25.9. The molecule has 182 valence electrons. The number of carbonyl (C=O) groups is 1. The van der Waals surface area contributed by atoms with Crippen LogP contribution in [0.4, 0.5) is 10.1 Å². The van der Waals surface area contributed by atoms with Crippen molar-refractivity contribution >= 4 is 23.2 Å². The summed E-state index contributed by atoms with van der Waals surface area (Å²) in [7, 11) is 0. The van der Waals surface area contributed by atoms with E-state index in [0.29, 0.717) is 37.5 Å². The average Bonchev–Trinajstić information content (AvgIpc) is 2.85. The number of amides is 1. The highest BCUT2D eigenvalue weighted by molar-refractivity contribution is 6.30. The highest BCUT2D eigenvalue weighted by atomic mass is 35.5. The molecule has 0 spiro atoms. The third-order valence-corrected chi connectivity index (χ3v) is 6.33. The van der Waals surface area contributed by atoms with Gasteiger partial charge in [-0.2, -0.15) is 0 Å². The predicted molar refractivity (Wildman–Crippen MR) is 127 cm³/mol. The third kappa shape index (κ3) is 6.65. The van der Waals surface area contributed by atoms with Gasteiger partial charge < -0.3 is 20.9 Å². The maximum Gasteiger partial charge on any atom is 0.234 e. The quantitative estimate of drug-likeness (QED) is 0.262. The van der Waals surface area contributed by atoms with Crippen molar-refractivity contribution in [3.63, 3.8) is 0 Å². The van der Waals surface area contributed by atoms with Crippen LogP contribution in [0.5, 0.6) is 0 Å².